The molecule has 2 heterocycles. The molecule has 0 spiro atoms. The van der Waals surface area contributed by atoms with E-state index >= 15 is 0 Å². The molecular weight excluding hydrogens is 364 g/mol. The Hall–Kier alpha value is -2.94. The van der Waals surface area contributed by atoms with Crippen LogP contribution in [0.5, 0.6) is 5.75 Å². The normalized spacial score (nSPS) is 18.7. The van der Waals surface area contributed by atoms with Gasteiger partial charge in [-0.1, -0.05) is 0 Å². The molecule has 2 aliphatic heterocycles. The standard InChI is InChI=1S/C19H24N4O5/c20-7-1-2-8-21-17(25)11-28-13-3-4-14-12(9-13)10-23(19(14)27)15-5-6-16(24)22-18(15)26/h3-4,9,15H,1-2,5-8,10-11,20H2,(H,21,25)(H,22,24,26). The zero-order valence-electron chi connectivity index (χ0n) is 15.5. The SMILES string of the molecule is NCCCCNC(=O)COc1ccc2c(c1)CN(C1CCC(=O)NC1=O)C2=O. The van der Waals surface area contributed by atoms with Crippen molar-refractivity contribution in [3.05, 3.63) is 29.3 Å². The number of piperidine rings is 1. The second kappa shape index (κ2) is 8.83. The molecule has 2 aliphatic rings. The quantitative estimate of drug-likeness (QED) is 0.413. The number of carbonyl (C=O) groups is 4. The highest BCUT2D eigenvalue weighted by molar-refractivity contribution is 6.05. The number of nitrogens with zero attached hydrogens (tertiary/aromatic N) is 1. The molecule has 1 fully saturated rings. The summed E-state index contributed by atoms with van der Waals surface area (Å²) in [6.07, 6.45) is 2.20. The van der Waals surface area contributed by atoms with Crippen LogP contribution in [-0.4, -0.2) is 54.3 Å². The predicted molar refractivity (Wildman–Crippen MR) is 99.3 cm³/mol. The van der Waals surface area contributed by atoms with Crippen molar-refractivity contribution in [3.63, 3.8) is 0 Å². The number of benzene rings is 1. The molecule has 1 aromatic rings. The summed E-state index contributed by atoms with van der Waals surface area (Å²) in [5.41, 5.74) is 6.64. The molecule has 4 amide bonds. The van der Waals surface area contributed by atoms with Gasteiger partial charge in [0, 0.05) is 25.1 Å². The van der Waals surface area contributed by atoms with Crippen molar-refractivity contribution in [3.8, 4) is 5.75 Å². The maximum atomic E-state index is 12.6. The lowest BCUT2D eigenvalue weighted by atomic mass is 10.0. The van der Waals surface area contributed by atoms with Crippen molar-refractivity contribution >= 4 is 23.6 Å². The number of hydrogen-bond donors (Lipinski definition) is 3. The number of hydrogen-bond acceptors (Lipinski definition) is 6. The topological polar surface area (TPSA) is 131 Å². The number of imide groups is 1. The van der Waals surface area contributed by atoms with Crippen LogP contribution in [-0.2, 0) is 20.9 Å². The summed E-state index contributed by atoms with van der Waals surface area (Å²) in [6.45, 7) is 1.30. The number of ether oxygens (including phenoxy) is 1. The van der Waals surface area contributed by atoms with Crippen molar-refractivity contribution in [2.45, 2.75) is 38.3 Å². The average Bonchev–Trinajstić information content (AvgIpc) is 2.99. The second-order valence-electron chi connectivity index (χ2n) is 6.85. The number of unbranched alkanes of at least 4 members (excludes halogenated alkanes) is 1. The van der Waals surface area contributed by atoms with Crippen molar-refractivity contribution in [1.82, 2.24) is 15.5 Å². The van der Waals surface area contributed by atoms with Gasteiger partial charge in [-0.05, 0) is 49.6 Å². The molecule has 28 heavy (non-hydrogen) atoms. The minimum absolute atomic E-state index is 0.119. The van der Waals surface area contributed by atoms with E-state index in [1.807, 2.05) is 0 Å². The van der Waals surface area contributed by atoms with Gasteiger partial charge < -0.3 is 20.7 Å². The summed E-state index contributed by atoms with van der Waals surface area (Å²) in [5.74, 6) is -0.746. The predicted octanol–water partition coefficient (Wildman–Crippen LogP) is -0.318. The number of rotatable bonds is 8. The average molecular weight is 388 g/mol. The molecule has 1 aromatic carbocycles. The zero-order chi connectivity index (χ0) is 20.1. The van der Waals surface area contributed by atoms with E-state index in [0.717, 1.165) is 18.4 Å². The lowest BCUT2D eigenvalue weighted by molar-refractivity contribution is -0.137. The molecule has 0 aromatic heterocycles. The Kier molecular flexibility index (Phi) is 6.25. The van der Waals surface area contributed by atoms with Crippen LogP contribution < -0.4 is 21.1 Å². The first kappa shape index (κ1) is 19.8. The summed E-state index contributed by atoms with van der Waals surface area (Å²) in [4.78, 5) is 49.2. The Morgan fingerprint density at radius 1 is 1.29 bits per heavy atom. The molecule has 0 radical (unpaired) electrons. The Morgan fingerprint density at radius 2 is 2.11 bits per heavy atom. The largest absolute Gasteiger partial charge is 0.484 e. The lowest BCUT2D eigenvalue weighted by Gasteiger charge is -2.29. The van der Waals surface area contributed by atoms with Crippen LogP contribution in [0.3, 0.4) is 0 Å². The number of amides is 4. The van der Waals surface area contributed by atoms with Crippen molar-refractivity contribution in [1.29, 1.82) is 0 Å². The van der Waals surface area contributed by atoms with E-state index in [9.17, 15) is 19.2 Å². The van der Waals surface area contributed by atoms with Crippen molar-refractivity contribution in [2.75, 3.05) is 19.7 Å². The molecule has 9 heteroatoms. The fourth-order valence-electron chi connectivity index (χ4n) is 3.34. The van der Waals surface area contributed by atoms with E-state index in [-0.39, 0.29) is 37.3 Å². The molecule has 1 saturated heterocycles. The maximum Gasteiger partial charge on any atom is 0.257 e. The molecule has 1 unspecified atom stereocenters. The molecule has 150 valence electrons. The summed E-state index contributed by atoms with van der Waals surface area (Å²) in [5, 5.41) is 5.03. The molecule has 4 N–H and O–H groups in total. The Balaban J connectivity index is 1.57. The van der Waals surface area contributed by atoms with E-state index in [1.165, 1.54) is 4.90 Å². The molecule has 0 bridgehead atoms. The molecule has 3 rings (SSSR count). The summed E-state index contributed by atoms with van der Waals surface area (Å²) >= 11 is 0. The monoisotopic (exact) mass is 388 g/mol. The minimum atomic E-state index is -0.652. The van der Waals surface area contributed by atoms with Gasteiger partial charge in [-0.2, -0.15) is 0 Å². The van der Waals surface area contributed by atoms with E-state index in [1.54, 1.807) is 18.2 Å². The van der Waals surface area contributed by atoms with Crippen LogP contribution in [0.25, 0.3) is 0 Å². The van der Waals surface area contributed by atoms with Crippen LogP contribution in [0.15, 0.2) is 18.2 Å². The van der Waals surface area contributed by atoms with Gasteiger partial charge in [0.15, 0.2) is 6.61 Å². The van der Waals surface area contributed by atoms with Gasteiger partial charge in [-0.3, -0.25) is 24.5 Å². The summed E-state index contributed by atoms with van der Waals surface area (Å²) in [6, 6.07) is 4.33. The number of nitrogens with one attached hydrogen (secondary N) is 2. The summed E-state index contributed by atoms with van der Waals surface area (Å²) in [7, 11) is 0. The van der Waals surface area contributed by atoms with E-state index < -0.39 is 11.9 Å². The molecular formula is C19H24N4O5. The molecule has 0 aliphatic carbocycles. The first-order chi connectivity index (χ1) is 13.5. The third-order valence-electron chi connectivity index (χ3n) is 4.82. The van der Waals surface area contributed by atoms with Crippen molar-refractivity contribution in [2.24, 2.45) is 5.73 Å². The highest BCUT2D eigenvalue weighted by Crippen LogP contribution is 2.30. The smallest absolute Gasteiger partial charge is 0.257 e. The lowest BCUT2D eigenvalue weighted by Crippen LogP contribution is -2.52. The van der Waals surface area contributed by atoms with Gasteiger partial charge >= 0.3 is 0 Å². The van der Waals surface area contributed by atoms with Crippen LogP contribution in [0, 0.1) is 0 Å². The fourth-order valence-corrected chi connectivity index (χ4v) is 3.34. The fraction of sp³-hybridized carbons (Fsp3) is 0.474. The highest BCUT2D eigenvalue weighted by atomic mass is 16.5. The Morgan fingerprint density at radius 3 is 2.86 bits per heavy atom. The second-order valence-corrected chi connectivity index (χ2v) is 6.85. The summed E-state index contributed by atoms with van der Waals surface area (Å²) < 4.78 is 5.51. The van der Waals surface area contributed by atoms with E-state index in [4.69, 9.17) is 10.5 Å². The zero-order valence-corrected chi connectivity index (χ0v) is 15.5. The Labute approximate surface area is 162 Å². The number of carbonyl (C=O) groups excluding carboxylic acids is 4. The molecule has 0 saturated carbocycles. The first-order valence-electron chi connectivity index (χ1n) is 9.36. The van der Waals surface area contributed by atoms with Crippen molar-refractivity contribution < 1.29 is 23.9 Å². The molecule has 9 nitrogen and oxygen atoms in total. The van der Waals surface area contributed by atoms with E-state index in [0.29, 0.717) is 30.8 Å². The highest BCUT2D eigenvalue weighted by Gasteiger charge is 2.39. The third kappa shape index (κ3) is 4.48. The molecule has 1 atom stereocenters. The Bertz CT molecular complexity index is 795. The number of fused-ring (bicyclic) bond motifs is 1. The van der Waals surface area contributed by atoms with Crippen LogP contribution in [0.4, 0.5) is 0 Å². The minimum Gasteiger partial charge on any atom is -0.484 e. The number of nitrogens with two attached hydrogens (primary N) is 1. The third-order valence-corrected chi connectivity index (χ3v) is 4.82. The van der Waals surface area contributed by atoms with Gasteiger partial charge in [0.2, 0.25) is 11.8 Å². The van der Waals surface area contributed by atoms with Gasteiger partial charge in [-0.25, -0.2) is 0 Å². The van der Waals surface area contributed by atoms with Crippen LogP contribution in [0.1, 0.15) is 41.6 Å². The van der Waals surface area contributed by atoms with Crippen LogP contribution >= 0.6 is 0 Å². The van der Waals surface area contributed by atoms with Gasteiger partial charge in [-0.15, -0.1) is 0 Å². The first-order valence-corrected chi connectivity index (χ1v) is 9.36. The van der Waals surface area contributed by atoms with Gasteiger partial charge in [0.05, 0.1) is 0 Å². The maximum absolute atomic E-state index is 12.6. The van der Waals surface area contributed by atoms with Gasteiger partial charge in [0.25, 0.3) is 11.8 Å². The van der Waals surface area contributed by atoms with Gasteiger partial charge in [0.1, 0.15) is 11.8 Å². The van der Waals surface area contributed by atoms with E-state index in [2.05, 4.69) is 10.6 Å². The van der Waals surface area contributed by atoms with Crippen LogP contribution in [0.2, 0.25) is 0 Å².